The molecule has 0 saturated heterocycles. The summed E-state index contributed by atoms with van der Waals surface area (Å²) in [6.45, 7) is 5.51. The van der Waals surface area contributed by atoms with Crippen molar-refractivity contribution in [2.75, 3.05) is 13.1 Å². The summed E-state index contributed by atoms with van der Waals surface area (Å²) in [6, 6.07) is 9.02. The number of benzene rings is 1. The summed E-state index contributed by atoms with van der Waals surface area (Å²) >= 11 is 0. The minimum Gasteiger partial charge on any atom is -0.333 e. The van der Waals surface area contributed by atoms with Crippen LogP contribution in [0.4, 0.5) is 4.79 Å². The Balaban J connectivity index is 1.86. The van der Waals surface area contributed by atoms with Gasteiger partial charge in [-0.15, -0.1) is 0 Å². The van der Waals surface area contributed by atoms with Gasteiger partial charge < -0.3 is 15.5 Å². The largest absolute Gasteiger partial charge is 0.333 e. The van der Waals surface area contributed by atoms with Crippen LogP contribution in [-0.2, 0) is 4.79 Å². The lowest BCUT2D eigenvalue weighted by Crippen LogP contribution is -2.44. The van der Waals surface area contributed by atoms with Gasteiger partial charge >= 0.3 is 6.03 Å². The number of nitrogens with zero attached hydrogens (tertiary/aromatic N) is 1. The average Bonchev–Trinajstić information content (AvgIpc) is 2.81. The van der Waals surface area contributed by atoms with Crippen LogP contribution < -0.4 is 10.6 Å². The van der Waals surface area contributed by atoms with Gasteiger partial charge in [0.2, 0.25) is 0 Å². The number of carbonyl (C=O) groups excluding carboxylic acids is 2. The van der Waals surface area contributed by atoms with Crippen molar-refractivity contribution < 1.29 is 9.59 Å². The Hall–Kier alpha value is -2.30. The number of hydrogen-bond donors (Lipinski definition) is 2. The van der Waals surface area contributed by atoms with Crippen LogP contribution >= 0.6 is 0 Å². The molecule has 2 heterocycles. The van der Waals surface area contributed by atoms with Crippen molar-refractivity contribution in [3.63, 3.8) is 0 Å². The fourth-order valence-corrected chi connectivity index (χ4v) is 2.92. The summed E-state index contributed by atoms with van der Waals surface area (Å²) in [7, 11) is 0. The van der Waals surface area contributed by atoms with E-state index in [-0.39, 0.29) is 18.0 Å². The van der Waals surface area contributed by atoms with Gasteiger partial charge in [0.1, 0.15) is 0 Å². The number of carbonyl (C=O) groups is 2. The second-order valence-corrected chi connectivity index (χ2v) is 6.24. The molecule has 0 fully saturated rings. The van der Waals surface area contributed by atoms with Gasteiger partial charge in [-0.05, 0) is 17.9 Å². The molecule has 116 valence electrons. The summed E-state index contributed by atoms with van der Waals surface area (Å²) in [5.74, 6) is 0.570. The summed E-state index contributed by atoms with van der Waals surface area (Å²) in [6.07, 6.45) is 0.962. The number of urea groups is 1. The van der Waals surface area contributed by atoms with Crippen LogP contribution in [-0.4, -0.2) is 29.9 Å². The van der Waals surface area contributed by atoms with Gasteiger partial charge in [-0.1, -0.05) is 44.2 Å². The molecule has 0 spiro atoms. The molecule has 0 unspecified atom stereocenters. The van der Waals surface area contributed by atoms with Crippen molar-refractivity contribution >= 4 is 11.9 Å². The van der Waals surface area contributed by atoms with E-state index >= 15 is 0 Å². The van der Waals surface area contributed by atoms with E-state index in [1.54, 1.807) is 0 Å². The Morgan fingerprint density at radius 2 is 1.95 bits per heavy atom. The van der Waals surface area contributed by atoms with E-state index in [0.29, 0.717) is 18.0 Å². The zero-order valence-electron chi connectivity index (χ0n) is 12.9. The lowest BCUT2D eigenvalue weighted by Gasteiger charge is -2.25. The van der Waals surface area contributed by atoms with Gasteiger partial charge in [0, 0.05) is 6.54 Å². The lowest BCUT2D eigenvalue weighted by atomic mass is 9.96. The molecule has 0 bridgehead atoms. The Kier molecular flexibility index (Phi) is 3.88. The molecule has 0 aliphatic carbocycles. The van der Waals surface area contributed by atoms with Gasteiger partial charge in [-0.3, -0.25) is 4.79 Å². The predicted molar refractivity (Wildman–Crippen MR) is 83.9 cm³/mol. The predicted octanol–water partition coefficient (Wildman–Crippen LogP) is 2.18. The number of hydrogen-bond acceptors (Lipinski definition) is 2. The first kappa shape index (κ1) is 14.6. The Labute approximate surface area is 130 Å². The first-order valence-corrected chi connectivity index (χ1v) is 7.71. The van der Waals surface area contributed by atoms with Crippen molar-refractivity contribution in [3.8, 4) is 0 Å². The standard InChI is InChI=1S/C17H21N3O2/c1-11(2)8-9-20-10-13-14(16(20)21)15(19-17(22)18-13)12-6-4-3-5-7-12/h3-7,11,15H,8-10H2,1-2H3,(H2,18,19,22)/t15-/m0/s1. The molecule has 5 nitrogen and oxygen atoms in total. The molecule has 2 N–H and O–H groups in total. The normalized spacial score (nSPS) is 21.0. The number of rotatable bonds is 4. The van der Waals surface area contributed by atoms with Gasteiger partial charge in [0.05, 0.1) is 23.9 Å². The highest BCUT2D eigenvalue weighted by atomic mass is 16.2. The molecular formula is C17H21N3O2. The first-order chi connectivity index (χ1) is 10.6. The average molecular weight is 299 g/mol. The summed E-state index contributed by atoms with van der Waals surface area (Å²) in [5, 5.41) is 5.66. The highest BCUT2D eigenvalue weighted by Gasteiger charge is 2.39. The highest BCUT2D eigenvalue weighted by molar-refractivity contribution is 6.01. The molecule has 0 radical (unpaired) electrons. The van der Waals surface area contributed by atoms with Crippen molar-refractivity contribution in [2.45, 2.75) is 26.3 Å². The van der Waals surface area contributed by atoms with E-state index in [0.717, 1.165) is 24.2 Å². The molecule has 0 saturated carbocycles. The Morgan fingerprint density at radius 1 is 1.23 bits per heavy atom. The summed E-state index contributed by atoms with van der Waals surface area (Å²) < 4.78 is 0. The summed E-state index contributed by atoms with van der Waals surface area (Å²) in [4.78, 5) is 26.4. The van der Waals surface area contributed by atoms with Crippen LogP contribution in [0.3, 0.4) is 0 Å². The van der Waals surface area contributed by atoms with Gasteiger partial charge in [0.15, 0.2) is 0 Å². The van der Waals surface area contributed by atoms with Crippen molar-refractivity contribution in [3.05, 3.63) is 47.2 Å². The molecule has 5 heteroatoms. The topological polar surface area (TPSA) is 61.4 Å². The number of nitrogens with one attached hydrogen (secondary N) is 2. The molecule has 2 aliphatic rings. The van der Waals surface area contributed by atoms with Crippen LogP contribution in [0.2, 0.25) is 0 Å². The quantitative estimate of drug-likeness (QED) is 0.895. The molecule has 22 heavy (non-hydrogen) atoms. The van der Waals surface area contributed by atoms with E-state index in [1.165, 1.54) is 0 Å². The highest BCUT2D eigenvalue weighted by Crippen LogP contribution is 2.32. The molecular weight excluding hydrogens is 278 g/mol. The molecule has 1 aromatic rings. The van der Waals surface area contributed by atoms with E-state index in [1.807, 2.05) is 35.2 Å². The van der Waals surface area contributed by atoms with Crippen molar-refractivity contribution in [2.24, 2.45) is 5.92 Å². The maximum Gasteiger partial charge on any atom is 0.319 e. The zero-order valence-corrected chi connectivity index (χ0v) is 12.9. The van der Waals surface area contributed by atoms with Crippen LogP contribution in [0.15, 0.2) is 41.6 Å². The third-order valence-corrected chi connectivity index (χ3v) is 4.13. The second kappa shape index (κ2) is 5.83. The van der Waals surface area contributed by atoms with Crippen LogP contribution in [0.5, 0.6) is 0 Å². The maximum atomic E-state index is 12.7. The van der Waals surface area contributed by atoms with E-state index < -0.39 is 0 Å². The third kappa shape index (κ3) is 2.71. The van der Waals surface area contributed by atoms with E-state index in [9.17, 15) is 9.59 Å². The molecule has 3 rings (SSSR count). The molecule has 2 aliphatic heterocycles. The van der Waals surface area contributed by atoms with Crippen LogP contribution in [0, 0.1) is 5.92 Å². The fourth-order valence-electron chi connectivity index (χ4n) is 2.92. The lowest BCUT2D eigenvalue weighted by molar-refractivity contribution is -0.125. The van der Waals surface area contributed by atoms with Gasteiger partial charge in [-0.2, -0.15) is 0 Å². The SMILES string of the molecule is CC(C)CCN1CC2=C(C1=O)[C@H](c1ccccc1)NC(=O)N2. The minimum absolute atomic E-state index is 0.0250. The molecule has 3 amide bonds. The van der Waals surface area contributed by atoms with E-state index in [4.69, 9.17) is 0 Å². The van der Waals surface area contributed by atoms with Crippen LogP contribution in [0.1, 0.15) is 31.9 Å². The third-order valence-electron chi connectivity index (χ3n) is 4.13. The Morgan fingerprint density at radius 3 is 2.64 bits per heavy atom. The molecule has 1 aromatic carbocycles. The maximum absolute atomic E-state index is 12.7. The van der Waals surface area contributed by atoms with Gasteiger partial charge in [0.25, 0.3) is 5.91 Å². The van der Waals surface area contributed by atoms with Crippen LogP contribution in [0.25, 0.3) is 0 Å². The fraction of sp³-hybridized carbons (Fsp3) is 0.412. The van der Waals surface area contributed by atoms with E-state index in [2.05, 4.69) is 24.5 Å². The second-order valence-electron chi connectivity index (χ2n) is 6.24. The number of amides is 3. The first-order valence-electron chi connectivity index (χ1n) is 7.71. The van der Waals surface area contributed by atoms with Crippen molar-refractivity contribution in [1.82, 2.24) is 15.5 Å². The Bertz CT molecular complexity index is 622. The van der Waals surface area contributed by atoms with Gasteiger partial charge in [-0.25, -0.2) is 4.79 Å². The minimum atomic E-state index is -0.360. The smallest absolute Gasteiger partial charge is 0.319 e. The molecule has 0 aromatic heterocycles. The zero-order chi connectivity index (χ0) is 15.7. The van der Waals surface area contributed by atoms with Crippen molar-refractivity contribution in [1.29, 1.82) is 0 Å². The monoisotopic (exact) mass is 299 g/mol. The summed E-state index contributed by atoms with van der Waals surface area (Å²) in [5.41, 5.74) is 2.35. The molecule has 1 atom stereocenters.